The van der Waals surface area contributed by atoms with Crippen molar-refractivity contribution in [3.8, 4) is 0 Å². The highest BCUT2D eigenvalue weighted by molar-refractivity contribution is 7.90. The quantitative estimate of drug-likeness (QED) is 0.870. The zero-order chi connectivity index (χ0) is 15.5. The Bertz CT molecular complexity index is 590. The second kappa shape index (κ2) is 6.96. The van der Waals surface area contributed by atoms with E-state index in [2.05, 4.69) is 10.0 Å². The summed E-state index contributed by atoms with van der Waals surface area (Å²) >= 11 is 6.05. The molecule has 1 atom stereocenters. The molecule has 1 aliphatic rings. The first-order chi connectivity index (χ1) is 9.94. The Morgan fingerprint density at radius 2 is 2.14 bits per heavy atom. The molecular formula is C14H22ClN3O2S. The van der Waals surface area contributed by atoms with Gasteiger partial charge in [-0.05, 0) is 44.5 Å². The Balaban J connectivity index is 2.17. The van der Waals surface area contributed by atoms with Crippen LogP contribution in [0.3, 0.4) is 0 Å². The first kappa shape index (κ1) is 16.5. The molecule has 0 bridgehead atoms. The number of hydrogen-bond acceptors (Lipinski definition) is 3. The van der Waals surface area contributed by atoms with Crippen molar-refractivity contribution in [2.45, 2.75) is 32.2 Å². The molecule has 1 saturated heterocycles. The van der Waals surface area contributed by atoms with E-state index in [0.29, 0.717) is 23.8 Å². The zero-order valence-electron chi connectivity index (χ0n) is 12.4. The molecule has 2 rings (SSSR count). The summed E-state index contributed by atoms with van der Waals surface area (Å²) in [6.07, 6.45) is 2.85. The van der Waals surface area contributed by atoms with E-state index in [1.807, 2.05) is 20.0 Å². The number of nitrogens with one attached hydrogen (secondary N) is 2. The fourth-order valence-electron chi connectivity index (χ4n) is 2.59. The molecule has 1 fully saturated rings. The molecule has 1 heterocycles. The second-order valence-electron chi connectivity index (χ2n) is 5.39. The van der Waals surface area contributed by atoms with E-state index in [4.69, 9.17) is 11.6 Å². The van der Waals surface area contributed by atoms with Crippen LogP contribution in [0.15, 0.2) is 18.2 Å². The molecule has 1 aromatic carbocycles. The lowest BCUT2D eigenvalue weighted by Gasteiger charge is -2.34. The summed E-state index contributed by atoms with van der Waals surface area (Å²) in [6, 6.07) is 5.19. The Hall–Kier alpha value is -0.820. The summed E-state index contributed by atoms with van der Waals surface area (Å²) < 4.78 is 29.3. The van der Waals surface area contributed by atoms with Gasteiger partial charge in [0.2, 0.25) is 0 Å². The third kappa shape index (κ3) is 4.10. The lowest BCUT2D eigenvalue weighted by molar-refractivity contribution is 0.250. The van der Waals surface area contributed by atoms with Gasteiger partial charge in [0.25, 0.3) is 0 Å². The lowest BCUT2D eigenvalue weighted by atomic mass is 10.1. The number of benzene rings is 1. The Morgan fingerprint density at radius 1 is 1.38 bits per heavy atom. The molecule has 0 radical (unpaired) electrons. The van der Waals surface area contributed by atoms with E-state index in [1.165, 1.54) is 0 Å². The van der Waals surface area contributed by atoms with Crippen molar-refractivity contribution in [2.24, 2.45) is 0 Å². The average molecular weight is 332 g/mol. The highest BCUT2D eigenvalue weighted by Crippen LogP contribution is 2.24. The maximum atomic E-state index is 12.6. The molecule has 0 saturated carbocycles. The van der Waals surface area contributed by atoms with Crippen LogP contribution in [0.2, 0.25) is 5.02 Å². The highest BCUT2D eigenvalue weighted by atomic mass is 35.5. The van der Waals surface area contributed by atoms with Gasteiger partial charge in [0.05, 0.1) is 5.69 Å². The van der Waals surface area contributed by atoms with Crippen LogP contribution >= 0.6 is 11.6 Å². The number of likely N-dealkylation sites (N-methyl/N-ethyl adjacent to an activating group) is 1. The van der Waals surface area contributed by atoms with Gasteiger partial charge in [0.1, 0.15) is 0 Å². The largest absolute Gasteiger partial charge is 0.318 e. The molecular weight excluding hydrogens is 310 g/mol. The minimum atomic E-state index is -3.55. The molecule has 0 spiro atoms. The monoisotopic (exact) mass is 331 g/mol. The minimum absolute atomic E-state index is 0.00201. The number of rotatable bonds is 5. The minimum Gasteiger partial charge on any atom is -0.318 e. The van der Waals surface area contributed by atoms with Gasteiger partial charge in [0, 0.05) is 24.2 Å². The summed E-state index contributed by atoms with van der Waals surface area (Å²) in [6.45, 7) is 3.10. The molecule has 0 amide bonds. The van der Waals surface area contributed by atoms with Crippen molar-refractivity contribution in [1.82, 2.24) is 9.62 Å². The molecule has 1 aliphatic heterocycles. The van der Waals surface area contributed by atoms with Crippen molar-refractivity contribution in [1.29, 1.82) is 0 Å². The molecule has 0 aliphatic carbocycles. The van der Waals surface area contributed by atoms with E-state index in [0.717, 1.165) is 24.8 Å². The number of aryl methyl sites for hydroxylation is 1. The molecule has 21 heavy (non-hydrogen) atoms. The lowest BCUT2D eigenvalue weighted by Crippen LogP contribution is -2.49. The zero-order valence-corrected chi connectivity index (χ0v) is 14.0. The van der Waals surface area contributed by atoms with Crippen LogP contribution in [0, 0.1) is 6.92 Å². The van der Waals surface area contributed by atoms with Crippen molar-refractivity contribution < 1.29 is 8.42 Å². The van der Waals surface area contributed by atoms with Crippen LogP contribution < -0.4 is 10.0 Å². The van der Waals surface area contributed by atoms with Gasteiger partial charge >= 0.3 is 10.2 Å². The number of halogens is 1. The maximum absolute atomic E-state index is 12.6. The van der Waals surface area contributed by atoms with Crippen molar-refractivity contribution in [3.63, 3.8) is 0 Å². The van der Waals surface area contributed by atoms with E-state index in [1.54, 1.807) is 16.4 Å². The number of hydrogen-bond donors (Lipinski definition) is 2. The summed E-state index contributed by atoms with van der Waals surface area (Å²) in [4.78, 5) is 0. The topological polar surface area (TPSA) is 61.4 Å². The molecule has 0 aromatic heterocycles. The van der Waals surface area contributed by atoms with Crippen molar-refractivity contribution >= 4 is 27.5 Å². The van der Waals surface area contributed by atoms with Gasteiger partial charge in [-0.15, -0.1) is 0 Å². The Labute approximate surface area is 131 Å². The predicted molar refractivity (Wildman–Crippen MR) is 87.0 cm³/mol. The van der Waals surface area contributed by atoms with Gasteiger partial charge in [-0.3, -0.25) is 4.72 Å². The molecule has 2 N–H and O–H groups in total. The van der Waals surface area contributed by atoms with Crippen molar-refractivity contribution in [2.75, 3.05) is 24.9 Å². The SMILES string of the molecule is CNCC1CCCCN1S(=O)(=O)Nc1ccc(C)c(Cl)c1. The second-order valence-corrected chi connectivity index (χ2v) is 7.42. The highest BCUT2D eigenvalue weighted by Gasteiger charge is 2.31. The van der Waals surface area contributed by atoms with Crippen LogP contribution in [0.25, 0.3) is 0 Å². The number of nitrogens with zero attached hydrogens (tertiary/aromatic N) is 1. The summed E-state index contributed by atoms with van der Waals surface area (Å²) in [5.74, 6) is 0. The van der Waals surface area contributed by atoms with Gasteiger partial charge in [-0.25, -0.2) is 0 Å². The summed E-state index contributed by atoms with van der Waals surface area (Å²) in [5.41, 5.74) is 1.42. The van der Waals surface area contributed by atoms with Gasteiger partial charge in [-0.1, -0.05) is 24.1 Å². The molecule has 1 aromatic rings. The first-order valence-electron chi connectivity index (χ1n) is 7.14. The summed E-state index contributed by atoms with van der Waals surface area (Å²) in [5, 5.41) is 3.62. The van der Waals surface area contributed by atoms with Crippen LogP contribution in [-0.4, -0.2) is 38.9 Å². The fraction of sp³-hybridized carbons (Fsp3) is 0.571. The average Bonchev–Trinajstić information content (AvgIpc) is 2.43. The van der Waals surface area contributed by atoms with Crippen LogP contribution in [0.1, 0.15) is 24.8 Å². The normalized spacial score (nSPS) is 20.4. The Kier molecular flexibility index (Phi) is 5.48. The number of piperidine rings is 1. The van der Waals surface area contributed by atoms with E-state index >= 15 is 0 Å². The molecule has 118 valence electrons. The number of anilines is 1. The van der Waals surface area contributed by atoms with E-state index in [-0.39, 0.29) is 6.04 Å². The molecule has 7 heteroatoms. The van der Waals surface area contributed by atoms with Crippen molar-refractivity contribution in [3.05, 3.63) is 28.8 Å². The van der Waals surface area contributed by atoms with Gasteiger partial charge < -0.3 is 5.32 Å². The third-order valence-corrected chi connectivity index (χ3v) is 5.74. The fourth-order valence-corrected chi connectivity index (χ4v) is 4.26. The maximum Gasteiger partial charge on any atom is 0.301 e. The van der Waals surface area contributed by atoms with Gasteiger partial charge in [0.15, 0.2) is 0 Å². The van der Waals surface area contributed by atoms with E-state index in [9.17, 15) is 8.42 Å². The third-order valence-electron chi connectivity index (χ3n) is 3.74. The first-order valence-corrected chi connectivity index (χ1v) is 8.96. The van der Waals surface area contributed by atoms with Gasteiger partial charge in [-0.2, -0.15) is 12.7 Å². The van der Waals surface area contributed by atoms with Crippen LogP contribution in [-0.2, 0) is 10.2 Å². The van der Waals surface area contributed by atoms with E-state index < -0.39 is 10.2 Å². The Morgan fingerprint density at radius 3 is 2.81 bits per heavy atom. The molecule has 1 unspecified atom stereocenters. The molecule has 5 nitrogen and oxygen atoms in total. The van der Waals surface area contributed by atoms with Crippen LogP contribution in [0.4, 0.5) is 5.69 Å². The smallest absolute Gasteiger partial charge is 0.301 e. The predicted octanol–water partition coefficient (Wildman–Crippen LogP) is 2.38. The van der Waals surface area contributed by atoms with Crippen LogP contribution in [0.5, 0.6) is 0 Å². The summed E-state index contributed by atoms with van der Waals surface area (Å²) in [7, 11) is -1.71. The standard InChI is InChI=1S/C14H22ClN3O2S/c1-11-6-7-12(9-14(11)15)17-21(19,20)18-8-4-3-5-13(18)10-16-2/h6-7,9,13,16-17H,3-5,8,10H2,1-2H3.